The van der Waals surface area contributed by atoms with Crippen LogP contribution in [0.4, 0.5) is 0 Å². The van der Waals surface area contributed by atoms with Crippen molar-refractivity contribution in [1.29, 1.82) is 0 Å². The third-order valence-corrected chi connectivity index (χ3v) is 4.10. The van der Waals surface area contributed by atoms with Crippen LogP contribution in [-0.2, 0) is 6.54 Å². The first-order valence-corrected chi connectivity index (χ1v) is 6.77. The molecule has 1 unspecified atom stereocenters. The van der Waals surface area contributed by atoms with Crippen LogP contribution in [0.25, 0.3) is 0 Å². The summed E-state index contributed by atoms with van der Waals surface area (Å²) in [5.74, 6) is 0. The maximum absolute atomic E-state index is 11.7. The van der Waals surface area contributed by atoms with Crippen molar-refractivity contribution in [3.05, 3.63) is 34.7 Å². The number of pyridine rings is 1. The van der Waals surface area contributed by atoms with Crippen molar-refractivity contribution in [3.8, 4) is 0 Å². The zero-order valence-electron chi connectivity index (χ0n) is 11.4. The molecule has 0 spiro atoms. The lowest BCUT2D eigenvalue weighted by atomic mass is 9.94. The summed E-state index contributed by atoms with van der Waals surface area (Å²) in [6.07, 6.45) is 3.00. The molecular weight excluding hydrogens is 226 g/mol. The molecule has 0 radical (unpaired) electrons. The van der Waals surface area contributed by atoms with Gasteiger partial charge >= 0.3 is 0 Å². The number of piperazine rings is 1. The molecule has 1 aliphatic heterocycles. The van der Waals surface area contributed by atoms with Gasteiger partial charge in [0.15, 0.2) is 0 Å². The summed E-state index contributed by atoms with van der Waals surface area (Å²) in [6.45, 7) is 9.38. The molecule has 0 bridgehead atoms. The van der Waals surface area contributed by atoms with Crippen LogP contribution in [0.1, 0.15) is 20.3 Å². The highest BCUT2D eigenvalue weighted by Crippen LogP contribution is 2.20. The van der Waals surface area contributed by atoms with E-state index in [2.05, 4.69) is 24.1 Å². The third-order valence-electron chi connectivity index (χ3n) is 4.10. The Bertz CT molecular complexity index is 443. The molecule has 1 N–H and O–H groups in total. The van der Waals surface area contributed by atoms with Gasteiger partial charge in [0, 0.05) is 50.5 Å². The molecule has 0 aromatic carbocycles. The Balaban J connectivity index is 2.01. The quantitative estimate of drug-likeness (QED) is 0.862. The molecule has 1 atom stereocenters. The lowest BCUT2D eigenvalue weighted by molar-refractivity contribution is 0.0676. The van der Waals surface area contributed by atoms with Crippen molar-refractivity contribution in [2.45, 2.75) is 32.4 Å². The number of aromatic nitrogens is 1. The van der Waals surface area contributed by atoms with Gasteiger partial charge in [0.2, 0.25) is 0 Å². The predicted molar refractivity (Wildman–Crippen MR) is 73.8 cm³/mol. The molecule has 0 aliphatic carbocycles. The number of rotatable bonds is 4. The zero-order chi connectivity index (χ0) is 13.0. The van der Waals surface area contributed by atoms with Gasteiger partial charge in [-0.2, -0.15) is 0 Å². The van der Waals surface area contributed by atoms with E-state index >= 15 is 0 Å². The second-order valence-corrected chi connectivity index (χ2v) is 5.25. The molecule has 1 fully saturated rings. The maximum atomic E-state index is 11.7. The summed E-state index contributed by atoms with van der Waals surface area (Å²) in [5.41, 5.74) is 0.308. The fraction of sp³-hybridized carbons (Fsp3) is 0.643. The van der Waals surface area contributed by atoms with Crippen LogP contribution in [-0.4, -0.2) is 41.2 Å². The second kappa shape index (κ2) is 5.67. The van der Waals surface area contributed by atoms with Gasteiger partial charge < -0.3 is 9.88 Å². The van der Waals surface area contributed by atoms with Crippen LogP contribution in [0, 0.1) is 0 Å². The van der Waals surface area contributed by atoms with Crippen LogP contribution < -0.4 is 10.9 Å². The lowest BCUT2D eigenvalue weighted by Gasteiger charge is -2.45. The summed E-state index contributed by atoms with van der Waals surface area (Å²) >= 11 is 0. The highest BCUT2D eigenvalue weighted by Gasteiger charge is 2.31. The molecule has 2 heterocycles. The van der Waals surface area contributed by atoms with Crippen LogP contribution >= 0.6 is 0 Å². The Hall–Kier alpha value is -1.13. The molecule has 0 amide bonds. The van der Waals surface area contributed by atoms with Gasteiger partial charge in [0.1, 0.15) is 0 Å². The first kappa shape index (κ1) is 13.3. The largest absolute Gasteiger partial charge is 0.314 e. The van der Waals surface area contributed by atoms with Crippen LogP contribution in [0.15, 0.2) is 29.2 Å². The molecule has 1 aliphatic rings. The first-order chi connectivity index (χ1) is 8.65. The van der Waals surface area contributed by atoms with Crippen LogP contribution in [0.5, 0.6) is 0 Å². The van der Waals surface area contributed by atoms with E-state index in [1.54, 1.807) is 16.7 Å². The fourth-order valence-corrected chi connectivity index (χ4v) is 2.56. The van der Waals surface area contributed by atoms with E-state index < -0.39 is 0 Å². The monoisotopic (exact) mass is 249 g/mol. The van der Waals surface area contributed by atoms with E-state index in [9.17, 15) is 4.79 Å². The van der Waals surface area contributed by atoms with Gasteiger partial charge in [-0.05, 0) is 19.4 Å². The molecule has 4 nitrogen and oxygen atoms in total. The minimum absolute atomic E-state index is 0.0887. The standard InChI is InChI=1S/C14H23N3O/c1-3-14(2)12-15-7-9-17(14)11-10-16-8-5-4-6-13(16)18/h4-6,8,15H,3,7,9-12H2,1-2H3. The fourth-order valence-electron chi connectivity index (χ4n) is 2.56. The second-order valence-electron chi connectivity index (χ2n) is 5.25. The molecule has 100 valence electrons. The summed E-state index contributed by atoms with van der Waals surface area (Å²) in [5, 5.41) is 3.46. The van der Waals surface area contributed by atoms with E-state index in [0.717, 1.165) is 39.1 Å². The molecule has 1 aromatic heterocycles. The van der Waals surface area contributed by atoms with Gasteiger partial charge in [-0.15, -0.1) is 0 Å². The van der Waals surface area contributed by atoms with Crippen molar-refractivity contribution >= 4 is 0 Å². The summed E-state index contributed by atoms with van der Waals surface area (Å²) in [4.78, 5) is 14.2. The molecule has 18 heavy (non-hydrogen) atoms. The highest BCUT2D eigenvalue weighted by atomic mass is 16.1. The Morgan fingerprint density at radius 2 is 2.22 bits per heavy atom. The highest BCUT2D eigenvalue weighted by molar-refractivity contribution is 4.94. The minimum Gasteiger partial charge on any atom is -0.314 e. The maximum Gasteiger partial charge on any atom is 0.250 e. The van der Waals surface area contributed by atoms with Gasteiger partial charge in [-0.1, -0.05) is 13.0 Å². The average Bonchev–Trinajstić information content (AvgIpc) is 2.39. The van der Waals surface area contributed by atoms with Crippen molar-refractivity contribution < 1.29 is 0 Å². The van der Waals surface area contributed by atoms with Crippen molar-refractivity contribution in [2.24, 2.45) is 0 Å². The Morgan fingerprint density at radius 1 is 1.39 bits per heavy atom. The normalized spacial score (nSPS) is 25.2. The molecular formula is C14H23N3O. The minimum atomic E-state index is 0.0887. The summed E-state index contributed by atoms with van der Waals surface area (Å²) in [6, 6.07) is 5.33. The summed E-state index contributed by atoms with van der Waals surface area (Å²) < 4.78 is 1.79. The van der Waals surface area contributed by atoms with Gasteiger partial charge in [0.05, 0.1) is 0 Å². The predicted octanol–water partition coefficient (Wildman–Crippen LogP) is 0.922. The average molecular weight is 249 g/mol. The van der Waals surface area contributed by atoms with E-state index in [4.69, 9.17) is 0 Å². The van der Waals surface area contributed by atoms with Crippen molar-refractivity contribution in [3.63, 3.8) is 0 Å². The first-order valence-electron chi connectivity index (χ1n) is 6.77. The summed E-state index contributed by atoms with van der Waals surface area (Å²) in [7, 11) is 0. The SMILES string of the molecule is CCC1(C)CNCCN1CCn1ccccc1=O. The topological polar surface area (TPSA) is 37.3 Å². The van der Waals surface area contributed by atoms with E-state index in [-0.39, 0.29) is 11.1 Å². The van der Waals surface area contributed by atoms with E-state index in [1.165, 1.54) is 0 Å². The molecule has 1 aromatic rings. The molecule has 1 saturated heterocycles. The van der Waals surface area contributed by atoms with E-state index in [1.807, 2.05) is 12.3 Å². The number of hydrogen-bond acceptors (Lipinski definition) is 3. The van der Waals surface area contributed by atoms with Gasteiger partial charge in [-0.3, -0.25) is 9.69 Å². The third kappa shape index (κ3) is 2.82. The number of nitrogens with one attached hydrogen (secondary N) is 1. The van der Waals surface area contributed by atoms with Crippen molar-refractivity contribution in [1.82, 2.24) is 14.8 Å². The van der Waals surface area contributed by atoms with Crippen molar-refractivity contribution in [2.75, 3.05) is 26.2 Å². The number of hydrogen-bond donors (Lipinski definition) is 1. The molecule has 2 rings (SSSR count). The lowest BCUT2D eigenvalue weighted by Crippen LogP contribution is -2.59. The van der Waals surface area contributed by atoms with E-state index in [0.29, 0.717) is 0 Å². The molecule has 0 saturated carbocycles. The van der Waals surface area contributed by atoms with Gasteiger partial charge in [0.25, 0.3) is 5.56 Å². The molecule has 4 heteroatoms. The smallest absolute Gasteiger partial charge is 0.250 e. The number of nitrogens with zero attached hydrogens (tertiary/aromatic N) is 2. The van der Waals surface area contributed by atoms with Gasteiger partial charge in [-0.25, -0.2) is 0 Å². The zero-order valence-corrected chi connectivity index (χ0v) is 11.4. The Kier molecular flexibility index (Phi) is 4.19. The van der Waals surface area contributed by atoms with Crippen LogP contribution in [0.2, 0.25) is 0 Å². The Labute approximate surface area is 109 Å². The Morgan fingerprint density at radius 3 is 2.94 bits per heavy atom. The van der Waals surface area contributed by atoms with Crippen LogP contribution in [0.3, 0.4) is 0 Å².